The van der Waals surface area contributed by atoms with E-state index in [4.69, 9.17) is 26.7 Å². The van der Waals surface area contributed by atoms with E-state index in [-0.39, 0.29) is 5.53 Å². The maximum absolute atomic E-state index is 6.34. The van der Waals surface area contributed by atoms with Crippen LogP contribution < -0.4 is 0 Å². The number of thiocarbonyl (C=S) groups is 1. The summed E-state index contributed by atoms with van der Waals surface area (Å²) in [6.45, 7) is 29.9. The minimum absolute atomic E-state index is 0.162. The Kier molecular flexibility index (Phi) is 16.6. The van der Waals surface area contributed by atoms with Gasteiger partial charge in [0.2, 0.25) is 0 Å². The Morgan fingerprint density at radius 3 is 0.844 bits per heavy atom. The van der Waals surface area contributed by atoms with Gasteiger partial charge in [-0.15, -0.1) is 0 Å². The van der Waals surface area contributed by atoms with Crippen molar-refractivity contribution < 1.29 is 31.4 Å². The molecule has 0 aromatic rings. The van der Waals surface area contributed by atoms with Crippen LogP contribution in [0.15, 0.2) is 0 Å². The average molecular weight is 583 g/mol. The third-order valence-electron chi connectivity index (χ3n) is 3.03. The Balaban J connectivity index is -0.000000437. The summed E-state index contributed by atoms with van der Waals surface area (Å²) in [5.74, 6) is 0. The lowest BCUT2D eigenvalue weighted by Gasteiger charge is -2.46. The molecule has 1 saturated heterocycles. The standard InChI is InChI=1S/C8H24O4Si4.C4H12O2Si.C4H12Si.C2H4OS/c1-13(2)9-14(3,4)11-16(7,8)12-15(5,6)10-13;1-5-7(3,4)6-2;1-5(2,3)4;1-3-2-4/h1-8H3;1-4H3;1-4H3;2H,1H3/i;;;2T. The molecule has 1 fully saturated rings. The number of hydrogen-bond donors (Lipinski definition) is 0. The number of methoxy groups -OCH3 is 1. The molecule has 0 saturated carbocycles. The normalized spacial score (nSPS) is 21.3. The highest BCUT2D eigenvalue weighted by Crippen LogP contribution is 2.30. The fourth-order valence-corrected chi connectivity index (χ4v) is 23.8. The van der Waals surface area contributed by atoms with Gasteiger partial charge in [0.05, 0.1) is 7.11 Å². The van der Waals surface area contributed by atoms with Crippen molar-refractivity contribution in [2.45, 2.75) is 91.7 Å². The van der Waals surface area contributed by atoms with Gasteiger partial charge in [0.15, 0.2) is 0 Å². The first-order chi connectivity index (χ1) is 14.2. The number of ether oxygens (including phenoxy) is 1. The van der Waals surface area contributed by atoms with Crippen LogP contribution in [-0.4, -0.2) is 77.7 Å². The van der Waals surface area contributed by atoms with E-state index in [2.05, 4.69) is 95.5 Å². The van der Waals surface area contributed by atoms with Crippen molar-refractivity contribution in [3.63, 3.8) is 0 Å². The van der Waals surface area contributed by atoms with E-state index in [0.29, 0.717) is 0 Å². The number of rotatable bonds is 2. The fourth-order valence-electron chi connectivity index (χ4n) is 2.53. The number of hydrogen-bond acceptors (Lipinski definition) is 8. The first-order valence-corrected chi connectivity index (χ1v) is 29.2. The summed E-state index contributed by atoms with van der Waals surface area (Å²) in [4.78, 5) is 0. The van der Waals surface area contributed by atoms with Crippen LogP contribution in [-0.2, 0) is 30.0 Å². The highest BCUT2D eigenvalue weighted by Gasteiger charge is 2.50. The zero-order valence-electron chi connectivity index (χ0n) is 24.8. The van der Waals surface area contributed by atoms with Crippen LogP contribution >= 0.6 is 12.2 Å². The van der Waals surface area contributed by atoms with Crippen molar-refractivity contribution in [2.75, 3.05) is 21.3 Å². The molecule has 0 amide bonds. The van der Waals surface area contributed by atoms with Crippen LogP contribution in [0.2, 0.25) is 91.7 Å². The highest BCUT2D eigenvalue weighted by atomic mass is 32.1. The van der Waals surface area contributed by atoms with E-state index in [1.807, 2.05) is 13.1 Å². The Bertz CT molecular complexity index is 489. The molecule has 1 heterocycles. The lowest BCUT2D eigenvalue weighted by molar-refractivity contribution is 0.238. The minimum Gasteiger partial charge on any atom is -0.493 e. The maximum atomic E-state index is 6.34. The highest BCUT2D eigenvalue weighted by molar-refractivity contribution is 7.78. The average Bonchev–Trinajstić information content (AvgIpc) is 2.48. The van der Waals surface area contributed by atoms with Gasteiger partial charge in [0.25, 0.3) is 0 Å². The Morgan fingerprint density at radius 2 is 0.781 bits per heavy atom. The van der Waals surface area contributed by atoms with E-state index in [1.165, 1.54) is 7.11 Å². The fraction of sp³-hybridized carbons (Fsp3) is 0.944. The summed E-state index contributed by atoms with van der Waals surface area (Å²) in [5, 5.41) is 0. The molecule has 0 aromatic carbocycles. The summed E-state index contributed by atoms with van der Waals surface area (Å²) in [7, 11) is -5.98. The zero-order chi connectivity index (χ0) is 27.5. The molecule has 0 radical (unpaired) electrons. The van der Waals surface area contributed by atoms with Gasteiger partial charge in [0.1, 0.15) is 6.90 Å². The second-order valence-electron chi connectivity index (χ2n) is 11.1. The topological polar surface area (TPSA) is 64.6 Å². The van der Waals surface area contributed by atoms with Crippen LogP contribution in [0, 0.1) is 0 Å². The van der Waals surface area contributed by atoms with Crippen LogP contribution in [0.5, 0.6) is 0 Å². The largest absolute Gasteiger partial charge is 0.493 e. The van der Waals surface area contributed by atoms with Crippen LogP contribution in [0.1, 0.15) is 1.37 Å². The quantitative estimate of drug-likeness (QED) is 0.274. The molecule has 0 bridgehead atoms. The van der Waals surface area contributed by atoms with Gasteiger partial charge < -0.3 is 30.0 Å². The van der Waals surface area contributed by atoms with Gasteiger partial charge in [0, 0.05) is 22.3 Å². The molecule has 0 atom stereocenters. The van der Waals surface area contributed by atoms with Crippen LogP contribution in [0.3, 0.4) is 0 Å². The SMILES string of the molecule is CO[Si](C)(C)OC.C[Si](C)(C)C.C[Si]1(C)O[Si](C)(C)O[Si](C)(C)O[Si](C)(C)O1.[3H]C(=S)OC. The summed E-state index contributed by atoms with van der Waals surface area (Å²) in [6, 6.07) is 0. The smallest absolute Gasteiger partial charge is 0.331 e. The lowest BCUT2D eigenvalue weighted by atomic mass is 11.5. The summed E-state index contributed by atoms with van der Waals surface area (Å²) in [6.07, 6.45) is 0. The van der Waals surface area contributed by atoms with E-state index in [0.717, 1.165) is 0 Å². The lowest BCUT2D eigenvalue weighted by Crippen LogP contribution is -2.64. The molecular formula is C18H52O7SSi6. The summed E-state index contributed by atoms with van der Waals surface area (Å²) >= 11 is 4.14. The van der Waals surface area contributed by atoms with Crippen molar-refractivity contribution in [1.29, 1.82) is 0 Å². The zero-order valence-corrected chi connectivity index (χ0v) is 30.6. The van der Waals surface area contributed by atoms with Crippen molar-refractivity contribution in [3.05, 3.63) is 0 Å². The van der Waals surface area contributed by atoms with Crippen LogP contribution in [0.25, 0.3) is 0 Å². The Hall–Kier alpha value is 0.951. The molecule has 32 heavy (non-hydrogen) atoms. The second kappa shape index (κ2) is 15.1. The maximum Gasteiger partial charge on any atom is 0.331 e. The molecule has 0 aliphatic carbocycles. The summed E-state index contributed by atoms with van der Waals surface area (Å²) < 4.78 is 45.1. The second-order valence-corrected chi connectivity index (χ2v) is 35.4. The van der Waals surface area contributed by atoms with Gasteiger partial charge in [-0.2, -0.15) is 0 Å². The van der Waals surface area contributed by atoms with Gasteiger partial charge in [-0.05, 0) is 77.7 Å². The predicted octanol–water partition coefficient (Wildman–Crippen LogP) is 6.40. The van der Waals surface area contributed by atoms with Crippen LogP contribution in [0.4, 0.5) is 0 Å². The van der Waals surface area contributed by atoms with Crippen molar-refractivity contribution in [2.24, 2.45) is 0 Å². The molecular weight excluding hydrogens is 529 g/mol. The minimum atomic E-state index is -2.11. The Morgan fingerprint density at radius 1 is 0.625 bits per heavy atom. The first-order valence-electron chi connectivity index (χ1n) is 11.2. The third kappa shape index (κ3) is 27.2. The van der Waals surface area contributed by atoms with Gasteiger partial charge in [-0.3, -0.25) is 0 Å². The predicted molar refractivity (Wildman–Crippen MR) is 156 cm³/mol. The third-order valence-corrected chi connectivity index (χ3v) is 20.9. The van der Waals surface area contributed by atoms with E-state index in [9.17, 15) is 0 Å². The Labute approximate surface area is 212 Å². The molecule has 0 unspecified atom stereocenters. The van der Waals surface area contributed by atoms with Crippen molar-refractivity contribution >= 4 is 68.6 Å². The molecule has 0 spiro atoms. The van der Waals surface area contributed by atoms with Gasteiger partial charge in [-0.1, -0.05) is 26.2 Å². The van der Waals surface area contributed by atoms with E-state index in [1.54, 1.807) is 14.2 Å². The molecule has 7 nitrogen and oxygen atoms in total. The van der Waals surface area contributed by atoms with E-state index < -0.39 is 50.9 Å². The molecule has 14 heteroatoms. The van der Waals surface area contributed by atoms with Gasteiger partial charge in [-0.25, -0.2) is 0 Å². The first kappa shape index (κ1) is 35.1. The monoisotopic (exact) mass is 582 g/mol. The molecule has 0 aromatic heterocycles. The van der Waals surface area contributed by atoms with Gasteiger partial charge >= 0.3 is 42.8 Å². The molecule has 1 rings (SSSR count). The van der Waals surface area contributed by atoms with E-state index >= 15 is 0 Å². The summed E-state index contributed by atoms with van der Waals surface area (Å²) in [5.41, 5.74) is -0.162. The molecule has 0 N–H and O–H groups in total. The van der Waals surface area contributed by atoms with Crippen molar-refractivity contribution in [3.8, 4) is 0 Å². The molecule has 1 aliphatic heterocycles. The molecule has 196 valence electrons. The molecule has 1 aliphatic rings. The van der Waals surface area contributed by atoms with Crippen molar-refractivity contribution in [1.82, 2.24) is 0 Å².